The minimum Gasteiger partial charge on any atom is -0.335 e. The van der Waals surface area contributed by atoms with Gasteiger partial charge in [0, 0.05) is 18.0 Å². The molecule has 1 aromatic carbocycles. The smallest absolute Gasteiger partial charge is 0.250 e. The Morgan fingerprint density at radius 2 is 2.00 bits per heavy atom. The van der Waals surface area contributed by atoms with Crippen LogP contribution in [-0.4, -0.2) is 26.8 Å². The van der Waals surface area contributed by atoms with Gasteiger partial charge in [0.05, 0.1) is 5.69 Å². The van der Waals surface area contributed by atoms with Crippen LogP contribution in [0, 0.1) is 0 Å². The van der Waals surface area contributed by atoms with E-state index in [0.29, 0.717) is 0 Å². The van der Waals surface area contributed by atoms with E-state index in [9.17, 15) is 0 Å². The molecule has 5 nitrogen and oxygen atoms in total. The Labute approximate surface area is 120 Å². The van der Waals surface area contributed by atoms with Crippen LogP contribution in [0.5, 0.6) is 0 Å². The highest BCUT2D eigenvalue weighted by atomic mass is 32.1. The molecule has 3 heterocycles. The van der Waals surface area contributed by atoms with E-state index in [2.05, 4.69) is 31.9 Å². The van der Waals surface area contributed by atoms with Crippen LogP contribution in [0.3, 0.4) is 0 Å². The number of para-hydroxylation sites is 1. The van der Waals surface area contributed by atoms with Gasteiger partial charge < -0.3 is 4.90 Å². The highest BCUT2D eigenvalue weighted by molar-refractivity contribution is 7.10. The van der Waals surface area contributed by atoms with Gasteiger partial charge in [-0.25, -0.2) is 0 Å². The molecule has 0 saturated heterocycles. The number of thiophene rings is 1. The molecule has 0 fully saturated rings. The van der Waals surface area contributed by atoms with Crippen LogP contribution in [0.1, 0.15) is 10.4 Å². The molecule has 100 valence electrons. The quantitative estimate of drug-likeness (QED) is 0.724. The summed E-state index contributed by atoms with van der Waals surface area (Å²) >= 11 is 1.84. The second-order valence-electron chi connectivity index (χ2n) is 4.77. The van der Waals surface area contributed by atoms with Crippen molar-refractivity contribution in [2.45, 2.75) is 13.0 Å². The Morgan fingerprint density at radius 3 is 2.90 bits per heavy atom. The fourth-order valence-electron chi connectivity index (χ4n) is 2.54. The molecular weight excluding hydrogens is 270 g/mol. The van der Waals surface area contributed by atoms with E-state index in [0.717, 1.165) is 31.1 Å². The van der Waals surface area contributed by atoms with Gasteiger partial charge in [-0.3, -0.25) is 0 Å². The first kappa shape index (κ1) is 11.6. The molecule has 0 amide bonds. The summed E-state index contributed by atoms with van der Waals surface area (Å²) in [5.41, 5.74) is 2.38. The summed E-state index contributed by atoms with van der Waals surface area (Å²) in [7, 11) is 0. The third-order valence-electron chi connectivity index (χ3n) is 3.54. The summed E-state index contributed by atoms with van der Waals surface area (Å²) in [6.07, 6.45) is 1.06. The van der Waals surface area contributed by atoms with Crippen molar-refractivity contribution >= 4 is 17.3 Å². The second kappa shape index (κ2) is 4.72. The Morgan fingerprint density at radius 1 is 1.10 bits per heavy atom. The van der Waals surface area contributed by atoms with Gasteiger partial charge in [0.1, 0.15) is 0 Å². The minimum absolute atomic E-state index is 0.813. The van der Waals surface area contributed by atoms with E-state index in [1.54, 1.807) is 4.68 Å². The SMILES string of the molecule is c1ccc(-n2nnnc2N2CCc3sccc3C2)cc1. The van der Waals surface area contributed by atoms with E-state index in [4.69, 9.17) is 0 Å². The van der Waals surface area contributed by atoms with Gasteiger partial charge in [-0.05, 0) is 46.0 Å². The largest absolute Gasteiger partial charge is 0.335 e. The Balaban J connectivity index is 1.69. The molecule has 0 atom stereocenters. The van der Waals surface area contributed by atoms with E-state index in [1.807, 2.05) is 41.7 Å². The van der Waals surface area contributed by atoms with E-state index < -0.39 is 0 Å². The zero-order valence-corrected chi connectivity index (χ0v) is 11.6. The van der Waals surface area contributed by atoms with Gasteiger partial charge in [0.25, 0.3) is 5.95 Å². The van der Waals surface area contributed by atoms with Gasteiger partial charge in [-0.15, -0.1) is 11.3 Å². The first-order valence-electron chi connectivity index (χ1n) is 6.56. The van der Waals surface area contributed by atoms with Gasteiger partial charge in [0.2, 0.25) is 0 Å². The average molecular weight is 283 g/mol. The lowest BCUT2D eigenvalue weighted by molar-refractivity contribution is 0.697. The number of hydrogen-bond acceptors (Lipinski definition) is 5. The molecule has 6 heteroatoms. The maximum absolute atomic E-state index is 4.20. The molecule has 0 bridgehead atoms. The number of hydrogen-bond donors (Lipinski definition) is 0. The lowest BCUT2D eigenvalue weighted by Gasteiger charge is -2.27. The van der Waals surface area contributed by atoms with Crippen molar-refractivity contribution in [2.75, 3.05) is 11.4 Å². The zero-order chi connectivity index (χ0) is 13.4. The lowest BCUT2D eigenvalue weighted by Crippen LogP contribution is -2.31. The first-order valence-corrected chi connectivity index (χ1v) is 7.44. The number of aromatic nitrogens is 4. The molecule has 20 heavy (non-hydrogen) atoms. The van der Waals surface area contributed by atoms with E-state index >= 15 is 0 Å². The Bertz CT molecular complexity index is 718. The molecule has 1 aliphatic heterocycles. The van der Waals surface area contributed by atoms with Crippen molar-refractivity contribution in [1.29, 1.82) is 0 Å². The van der Waals surface area contributed by atoms with Gasteiger partial charge in [0.15, 0.2) is 0 Å². The number of anilines is 1. The molecule has 3 aromatic rings. The molecule has 0 N–H and O–H groups in total. The Kier molecular flexibility index (Phi) is 2.74. The molecule has 0 spiro atoms. The van der Waals surface area contributed by atoms with Gasteiger partial charge in [-0.1, -0.05) is 23.3 Å². The summed E-state index contributed by atoms with van der Waals surface area (Å²) in [5, 5.41) is 14.3. The van der Waals surface area contributed by atoms with E-state index in [-0.39, 0.29) is 0 Å². The predicted molar refractivity (Wildman–Crippen MR) is 78.2 cm³/mol. The second-order valence-corrected chi connectivity index (χ2v) is 5.77. The molecule has 2 aromatic heterocycles. The normalized spacial score (nSPS) is 14.3. The first-order chi connectivity index (χ1) is 9.92. The highest BCUT2D eigenvalue weighted by Gasteiger charge is 2.22. The molecular formula is C14H13N5S. The molecule has 0 radical (unpaired) electrons. The van der Waals surface area contributed by atoms with E-state index in [1.165, 1.54) is 10.4 Å². The molecule has 0 saturated carbocycles. The predicted octanol–water partition coefficient (Wildman–Crippen LogP) is 2.29. The van der Waals surface area contributed by atoms with Crippen molar-refractivity contribution in [2.24, 2.45) is 0 Å². The third kappa shape index (κ3) is 1.89. The lowest BCUT2D eigenvalue weighted by atomic mass is 10.1. The van der Waals surface area contributed by atoms with Crippen LogP contribution in [0.2, 0.25) is 0 Å². The number of nitrogens with zero attached hydrogens (tertiary/aromatic N) is 5. The number of rotatable bonds is 2. The van der Waals surface area contributed by atoms with Crippen LogP contribution < -0.4 is 4.90 Å². The highest BCUT2D eigenvalue weighted by Crippen LogP contribution is 2.27. The van der Waals surface area contributed by atoms with Crippen LogP contribution in [0.4, 0.5) is 5.95 Å². The average Bonchev–Trinajstić information content (AvgIpc) is 3.16. The summed E-state index contributed by atoms with van der Waals surface area (Å²) in [6, 6.07) is 12.2. The van der Waals surface area contributed by atoms with Gasteiger partial charge >= 0.3 is 0 Å². The number of fused-ring (bicyclic) bond motifs is 1. The summed E-state index contributed by atoms with van der Waals surface area (Å²) in [6.45, 7) is 1.84. The number of tetrazole rings is 1. The summed E-state index contributed by atoms with van der Waals surface area (Å²) < 4.78 is 1.80. The summed E-state index contributed by atoms with van der Waals surface area (Å²) in [5.74, 6) is 0.813. The monoisotopic (exact) mass is 283 g/mol. The Hall–Kier alpha value is -2.21. The van der Waals surface area contributed by atoms with Crippen molar-refractivity contribution in [1.82, 2.24) is 20.2 Å². The fraction of sp³-hybridized carbons (Fsp3) is 0.214. The maximum atomic E-state index is 4.20. The van der Waals surface area contributed by atoms with Crippen LogP contribution in [0.15, 0.2) is 41.8 Å². The molecule has 0 aliphatic carbocycles. The minimum atomic E-state index is 0.813. The van der Waals surface area contributed by atoms with Crippen LogP contribution in [0.25, 0.3) is 5.69 Å². The zero-order valence-electron chi connectivity index (χ0n) is 10.8. The molecule has 4 rings (SSSR count). The van der Waals surface area contributed by atoms with Crippen molar-refractivity contribution in [3.8, 4) is 5.69 Å². The van der Waals surface area contributed by atoms with Crippen molar-refractivity contribution in [3.05, 3.63) is 52.2 Å². The number of benzene rings is 1. The van der Waals surface area contributed by atoms with Gasteiger partial charge in [-0.2, -0.15) is 4.68 Å². The van der Waals surface area contributed by atoms with Crippen molar-refractivity contribution in [3.63, 3.8) is 0 Å². The standard InChI is InChI=1S/C14H13N5S/c1-2-4-12(5-3-1)19-14(15-16-17-19)18-8-6-13-11(10-18)7-9-20-13/h1-5,7,9H,6,8,10H2. The third-order valence-corrected chi connectivity index (χ3v) is 4.57. The molecule has 0 unspecified atom stereocenters. The fourth-order valence-corrected chi connectivity index (χ4v) is 3.42. The van der Waals surface area contributed by atoms with Crippen LogP contribution >= 0.6 is 11.3 Å². The van der Waals surface area contributed by atoms with Crippen molar-refractivity contribution < 1.29 is 0 Å². The summed E-state index contributed by atoms with van der Waals surface area (Å²) in [4.78, 5) is 3.72. The topological polar surface area (TPSA) is 46.8 Å². The molecule has 1 aliphatic rings. The maximum Gasteiger partial charge on any atom is 0.250 e. The van der Waals surface area contributed by atoms with Crippen LogP contribution in [-0.2, 0) is 13.0 Å².